The quantitative estimate of drug-likeness (QED) is 0.575. The van der Waals surface area contributed by atoms with Crippen LogP contribution in [0.4, 0.5) is 4.79 Å². The number of carbonyl (C=O) groups excluding carboxylic acids is 1. The number of likely N-dealkylation sites (tertiary alicyclic amines) is 2. The molecule has 37 heavy (non-hydrogen) atoms. The molecule has 2 amide bonds. The minimum absolute atomic E-state index is 0.269. The first-order valence-electron chi connectivity index (χ1n) is 15.3. The first-order chi connectivity index (χ1) is 17.7. The highest BCUT2D eigenvalue weighted by Gasteiger charge is 2.29. The fourth-order valence-corrected chi connectivity index (χ4v) is 6.49. The summed E-state index contributed by atoms with van der Waals surface area (Å²) in [4.78, 5) is 26.3. The van der Waals surface area contributed by atoms with Crippen LogP contribution in [0.15, 0.2) is 6.20 Å². The van der Waals surface area contributed by atoms with E-state index in [0.29, 0.717) is 18.0 Å². The van der Waals surface area contributed by atoms with Gasteiger partial charge in [0.05, 0.1) is 0 Å². The minimum Gasteiger partial charge on any atom is -0.332 e. The normalized spacial score (nSPS) is 24.8. The molecule has 7 nitrogen and oxygen atoms in total. The summed E-state index contributed by atoms with van der Waals surface area (Å²) in [6, 6.07) is 1.55. The van der Waals surface area contributed by atoms with E-state index in [1.165, 1.54) is 56.8 Å². The smallest absolute Gasteiger partial charge is 0.320 e. The number of carbonyl (C=O) groups is 1. The van der Waals surface area contributed by atoms with Crippen molar-refractivity contribution in [3.8, 4) is 0 Å². The Morgan fingerprint density at radius 2 is 1.27 bits per heavy atom. The maximum atomic E-state index is 12.4. The summed E-state index contributed by atoms with van der Waals surface area (Å²) in [6.45, 7) is 23.1. The van der Waals surface area contributed by atoms with Crippen molar-refractivity contribution in [1.82, 2.24) is 29.2 Å². The fraction of sp³-hybridized carbons (Fsp3) is 0.867. The van der Waals surface area contributed by atoms with Crippen molar-refractivity contribution in [2.75, 3.05) is 52.4 Å². The van der Waals surface area contributed by atoms with Crippen LogP contribution in [-0.4, -0.2) is 99.6 Å². The van der Waals surface area contributed by atoms with Gasteiger partial charge in [-0.2, -0.15) is 0 Å². The molecule has 0 aliphatic carbocycles. The van der Waals surface area contributed by atoms with Crippen LogP contribution >= 0.6 is 0 Å². The lowest BCUT2D eigenvalue weighted by Gasteiger charge is -2.40. The van der Waals surface area contributed by atoms with Gasteiger partial charge in [0.25, 0.3) is 0 Å². The third-order valence-electron chi connectivity index (χ3n) is 9.37. The van der Waals surface area contributed by atoms with Crippen LogP contribution in [0.5, 0.6) is 0 Å². The molecule has 1 aromatic heterocycles. The average Bonchev–Trinajstić information content (AvgIpc) is 3.32. The lowest BCUT2D eigenvalue weighted by atomic mass is 9.94. The SMILES string of the molecule is CC1CCN(C(=O)N2CCN(C(C)C)CC2)CC1.CC1CCn2c(cnc2C2CCN(C(C)C)CC2)C1. The van der Waals surface area contributed by atoms with Crippen molar-refractivity contribution < 1.29 is 4.79 Å². The third kappa shape index (κ3) is 7.29. The van der Waals surface area contributed by atoms with E-state index in [0.717, 1.165) is 63.9 Å². The van der Waals surface area contributed by atoms with Gasteiger partial charge in [-0.1, -0.05) is 13.8 Å². The van der Waals surface area contributed by atoms with Gasteiger partial charge in [-0.3, -0.25) is 4.90 Å². The zero-order chi connectivity index (χ0) is 26.5. The molecule has 7 heteroatoms. The molecule has 1 unspecified atom stereocenters. The molecule has 0 radical (unpaired) electrons. The second-order valence-corrected chi connectivity index (χ2v) is 12.8. The van der Waals surface area contributed by atoms with Crippen LogP contribution in [-0.2, 0) is 13.0 Å². The number of aromatic nitrogens is 2. The Bertz CT molecular complexity index is 842. The second-order valence-electron chi connectivity index (χ2n) is 12.8. The Morgan fingerprint density at radius 1 is 0.730 bits per heavy atom. The van der Waals surface area contributed by atoms with Crippen molar-refractivity contribution in [1.29, 1.82) is 0 Å². The number of hydrogen-bond acceptors (Lipinski definition) is 4. The van der Waals surface area contributed by atoms with Crippen LogP contribution in [0.2, 0.25) is 0 Å². The molecule has 1 atom stereocenters. The topological polar surface area (TPSA) is 47.9 Å². The predicted molar refractivity (Wildman–Crippen MR) is 152 cm³/mol. The summed E-state index contributed by atoms with van der Waals surface area (Å²) in [6.07, 6.45) is 9.57. The van der Waals surface area contributed by atoms with E-state index < -0.39 is 0 Å². The fourth-order valence-electron chi connectivity index (χ4n) is 6.49. The molecule has 3 saturated heterocycles. The maximum Gasteiger partial charge on any atom is 0.320 e. The molecule has 3 fully saturated rings. The van der Waals surface area contributed by atoms with E-state index in [9.17, 15) is 4.79 Å². The average molecular weight is 515 g/mol. The number of hydrogen-bond donors (Lipinski definition) is 0. The van der Waals surface area contributed by atoms with E-state index >= 15 is 0 Å². The van der Waals surface area contributed by atoms with Gasteiger partial charge in [0, 0.05) is 75.7 Å². The first kappa shape index (κ1) is 28.4. The molecular formula is C30H54N6O. The number of piperazine rings is 1. The Labute approximate surface area is 226 Å². The summed E-state index contributed by atoms with van der Waals surface area (Å²) in [7, 11) is 0. The van der Waals surface area contributed by atoms with Crippen LogP contribution < -0.4 is 0 Å². The molecule has 210 valence electrons. The summed E-state index contributed by atoms with van der Waals surface area (Å²) in [5, 5.41) is 0. The molecule has 4 aliphatic rings. The van der Waals surface area contributed by atoms with Gasteiger partial charge < -0.3 is 19.3 Å². The Balaban J connectivity index is 0.000000173. The van der Waals surface area contributed by atoms with Crippen LogP contribution in [0, 0.1) is 11.8 Å². The molecule has 1 aromatic rings. The minimum atomic E-state index is 0.269. The number of urea groups is 1. The van der Waals surface area contributed by atoms with Crippen molar-refractivity contribution in [3.63, 3.8) is 0 Å². The van der Waals surface area contributed by atoms with Gasteiger partial charge in [-0.15, -0.1) is 0 Å². The standard InChI is InChI=1S/C16H27N3.C14H27N3O/c1-12(2)18-7-5-14(6-8-18)16-17-11-15-10-13(3)4-9-19(15)16;1-12(2)15-8-10-17(11-9-15)14(18)16-6-4-13(3)5-7-16/h11-14H,4-10H2,1-3H3;12-13H,4-11H2,1-3H3. The molecule has 5 heterocycles. The Kier molecular flexibility index (Phi) is 9.96. The monoisotopic (exact) mass is 514 g/mol. The highest BCUT2D eigenvalue weighted by molar-refractivity contribution is 5.74. The van der Waals surface area contributed by atoms with Gasteiger partial charge in [0.15, 0.2) is 0 Å². The van der Waals surface area contributed by atoms with Crippen molar-refractivity contribution >= 4 is 6.03 Å². The molecule has 0 N–H and O–H groups in total. The van der Waals surface area contributed by atoms with Gasteiger partial charge in [0.1, 0.15) is 5.82 Å². The highest BCUT2D eigenvalue weighted by atomic mass is 16.2. The number of rotatable bonds is 3. The van der Waals surface area contributed by atoms with E-state index in [4.69, 9.17) is 4.98 Å². The van der Waals surface area contributed by atoms with Gasteiger partial charge in [-0.05, 0) is 91.1 Å². The number of imidazole rings is 1. The van der Waals surface area contributed by atoms with Gasteiger partial charge in [-0.25, -0.2) is 9.78 Å². The summed E-state index contributed by atoms with van der Waals surface area (Å²) in [5.74, 6) is 3.69. The van der Waals surface area contributed by atoms with Crippen LogP contribution in [0.1, 0.15) is 91.1 Å². The van der Waals surface area contributed by atoms with E-state index in [2.05, 4.69) is 62.1 Å². The largest absolute Gasteiger partial charge is 0.332 e. The molecule has 0 saturated carbocycles. The predicted octanol–water partition coefficient (Wildman–Crippen LogP) is 4.92. The van der Waals surface area contributed by atoms with E-state index in [-0.39, 0.29) is 6.03 Å². The molecule has 5 rings (SSSR count). The van der Waals surface area contributed by atoms with Gasteiger partial charge in [0.2, 0.25) is 0 Å². The number of piperidine rings is 2. The third-order valence-corrected chi connectivity index (χ3v) is 9.37. The number of nitrogens with zero attached hydrogens (tertiary/aromatic N) is 6. The van der Waals surface area contributed by atoms with Gasteiger partial charge >= 0.3 is 6.03 Å². The molecule has 0 bridgehead atoms. The van der Waals surface area contributed by atoms with Crippen LogP contribution in [0.25, 0.3) is 0 Å². The lowest BCUT2D eigenvalue weighted by molar-refractivity contribution is 0.0911. The number of fused-ring (bicyclic) bond motifs is 1. The van der Waals surface area contributed by atoms with Crippen molar-refractivity contribution in [2.24, 2.45) is 11.8 Å². The zero-order valence-electron chi connectivity index (χ0n) is 24.7. The number of amides is 2. The zero-order valence-corrected chi connectivity index (χ0v) is 24.7. The van der Waals surface area contributed by atoms with Crippen molar-refractivity contribution in [2.45, 2.75) is 105 Å². The summed E-state index contributed by atoms with van der Waals surface area (Å²) in [5.41, 5.74) is 1.47. The molecular weight excluding hydrogens is 460 g/mol. The first-order valence-corrected chi connectivity index (χ1v) is 15.3. The van der Waals surface area contributed by atoms with E-state index in [1.807, 2.05) is 9.80 Å². The van der Waals surface area contributed by atoms with Crippen LogP contribution in [0.3, 0.4) is 0 Å². The highest BCUT2D eigenvalue weighted by Crippen LogP contribution is 2.31. The maximum absolute atomic E-state index is 12.4. The Hall–Kier alpha value is -1.60. The molecule has 4 aliphatic heterocycles. The summed E-state index contributed by atoms with van der Waals surface area (Å²) < 4.78 is 2.52. The summed E-state index contributed by atoms with van der Waals surface area (Å²) >= 11 is 0. The molecule has 0 spiro atoms. The molecule has 0 aromatic carbocycles. The lowest BCUT2D eigenvalue weighted by Crippen LogP contribution is -2.55. The second kappa shape index (κ2) is 13.0. The van der Waals surface area contributed by atoms with Crippen molar-refractivity contribution in [3.05, 3.63) is 17.7 Å². The Morgan fingerprint density at radius 3 is 1.86 bits per heavy atom. The van der Waals surface area contributed by atoms with E-state index in [1.54, 1.807) is 0 Å².